The van der Waals surface area contributed by atoms with Gasteiger partial charge in [0.1, 0.15) is 5.76 Å². The molecule has 0 saturated carbocycles. The van der Waals surface area contributed by atoms with Gasteiger partial charge < -0.3 is 9.32 Å². The molecule has 0 aliphatic carbocycles. The number of furan rings is 1. The van der Waals surface area contributed by atoms with Crippen molar-refractivity contribution < 1.29 is 9.21 Å². The van der Waals surface area contributed by atoms with Gasteiger partial charge in [-0.15, -0.1) is 0 Å². The number of likely N-dealkylation sites (tertiary alicyclic amines) is 1. The predicted octanol–water partition coefficient (Wildman–Crippen LogP) is 0.0190. The zero-order chi connectivity index (χ0) is 13.1. The fraction of sp³-hybridized carbons (Fsp3) is 0.583. The van der Waals surface area contributed by atoms with Gasteiger partial charge in [0.15, 0.2) is 0 Å². The molecule has 18 heavy (non-hydrogen) atoms. The molecule has 1 fully saturated rings. The predicted molar refractivity (Wildman–Crippen MR) is 67.7 cm³/mol. The average Bonchev–Trinajstić information content (AvgIpc) is 2.97. The van der Waals surface area contributed by atoms with Crippen molar-refractivity contribution in [3.8, 4) is 0 Å². The highest BCUT2D eigenvalue weighted by molar-refractivity contribution is 5.94. The van der Waals surface area contributed by atoms with Crippen LogP contribution in [0, 0.1) is 0 Å². The maximum Gasteiger partial charge on any atom is 0.268 e. The van der Waals surface area contributed by atoms with Crippen LogP contribution in [0.25, 0.3) is 0 Å². The van der Waals surface area contributed by atoms with E-state index in [9.17, 15) is 4.79 Å². The molecule has 1 saturated heterocycles. The van der Waals surface area contributed by atoms with Gasteiger partial charge in [0, 0.05) is 19.1 Å². The van der Waals surface area contributed by atoms with E-state index in [0.29, 0.717) is 23.9 Å². The molecule has 100 valence electrons. The van der Waals surface area contributed by atoms with E-state index in [1.807, 2.05) is 0 Å². The van der Waals surface area contributed by atoms with Gasteiger partial charge in [-0.05, 0) is 26.6 Å². The second kappa shape index (κ2) is 5.51. The summed E-state index contributed by atoms with van der Waals surface area (Å²) in [5.41, 5.74) is 2.65. The Hall–Kier alpha value is -1.37. The number of hydrogen-bond donors (Lipinski definition) is 2. The maximum atomic E-state index is 11.5. The molecule has 0 bridgehead atoms. The highest BCUT2D eigenvalue weighted by Gasteiger charge is 2.26. The summed E-state index contributed by atoms with van der Waals surface area (Å²) in [7, 11) is 4.18. The molecule has 1 aliphatic rings. The second-order valence-electron chi connectivity index (χ2n) is 4.87. The van der Waals surface area contributed by atoms with Crippen LogP contribution in [0.2, 0.25) is 0 Å². The molecule has 0 aromatic carbocycles. The van der Waals surface area contributed by atoms with Gasteiger partial charge in [-0.3, -0.25) is 15.1 Å². The summed E-state index contributed by atoms with van der Waals surface area (Å²) in [6.45, 7) is 2.67. The lowest BCUT2D eigenvalue weighted by Gasteiger charge is -2.19. The first-order valence-corrected chi connectivity index (χ1v) is 6.08. The van der Waals surface area contributed by atoms with Gasteiger partial charge in [-0.2, -0.15) is 0 Å². The minimum Gasteiger partial charge on any atom is -0.467 e. The summed E-state index contributed by atoms with van der Waals surface area (Å²) in [5, 5.41) is 0. The first-order chi connectivity index (χ1) is 8.61. The van der Waals surface area contributed by atoms with Crippen molar-refractivity contribution in [2.24, 2.45) is 5.84 Å². The number of nitrogens with zero attached hydrogens (tertiary/aromatic N) is 2. The lowest BCUT2D eigenvalue weighted by molar-refractivity contribution is 0.0950. The van der Waals surface area contributed by atoms with Crippen LogP contribution in [0.4, 0.5) is 0 Å². The van der Waals surface area contributed by atoms with Crippen molar-refractivity contribution in [2.75, 3.05) is 27.2 Å². The van der Waals surface area contributed by atoms with Crippen LogP contribution < -0.4 is 11.3 Å². The van der Waals surface area contributed by atoms with Crippen molar-refractivity contribution in [1.82, 2.24) is 15.2 Å². The number of rotatable bonds is 4. The molecular formula is C12H20N4O2. The average molecular weight is 252 g/mol. The molecule has 6 nitrogen and oxygen atoms in total. The van der Waals surface area contributed by atoms with E-state index in [0.717, 1.165) is 19.5 Å². The Morgan fingerprint density at radius 2 is 2.44 bits per heavy atom. The van der Waals surface area contributed by atoms with Gasteiger partial charge in [0.2, 0.25) is 0 Å². The van der Waals surface area contributed by atoms with Gasteiger partial charge in [0.05, 0.1) is 18.4 Å². The molecule has 1 aromatic rings. The number of likely N-dealkylation sites (N-methyl/N-ethyl adjacent to an activating group) is 1. The molecule has 3 N–H and O–H groups in total. The first kappa shape index (κ1) is 13.1. The van der Waals surface area contributed by atoms with Gasteiger partial charge >= 0.3 is 0 Å². The minimum atomic E-state index is -0.304. The Morgan fingerprint density at radius 1 is 1.67 bits per heavy atom. The van der Waals surface area contributed by atoms with Crippen molar-refractivity contribution in [3.05, 3.63) is 23.7 Å². The fourth-order valence-electron chi connectivity index (χ4n) is 2.32. The van der Waals surface area contributed by atoms with Crippen LogP contribution in [-0.2, 0) is 6.54 Å². The second-order valence-corrected chi connectivity index (χ2v) is 4.87. The third kappa shape index (κ3) is 2.72. The van der Waals surface area contributed by atoms with Crippen molar-refractivity contribution in [3.63, 3.8) is 0 Å². The van der Waals surface area contributed by atoms with Crippen LogP contribution in [0.5, 0.6) is 0 Å². The third-order valence-corrected chi connectivity index (χ3v) is 3.47. The summed E-state index contributed by atoms with van der Waals surface area (Å²) < 4.78 is 5.37. The minimum absolute atomic E-state index is 0.304. The smallest absolute Gasteiger partial charge is 0.268 e. The molecule has 2 rings (SSSR count). The zero-order valence-electron chi connectivity index (χ0n) is 10.8. The van der Waals surface area contributed by atoms with Gasteiger partial charge in [-0.1, -0.05) is 0 Å². The van der Waals surface area contributed by atoms with E-state index in [1.54, 1.807) is 6.07 Å². The third-order valence-electron chi connectivity index (χ3n) is 3.47. The Bertz CT molecular complexity index is 416. The number of nitrogens with two attached hydrogens (primary N) is 1. The molecule has 1 atom stereocenters. The Morgan fingerprint density at radius 3 is 3.06 bits per heavy atom. The number of nitrogen functional groups attached to an aromatic ring is 1. The topological polar surface area (TPSA) is 74.7 Å². The summed E-state index contributed by atoms with van der Waals surface area (Å²) in [6, 6.07) is 2.23. The van der Waals surface area contributed by atoms with Gasteiger partial charge in [-0.25, -0.2) is 5.84 Å². The maximum absolute atomic E-state index is 11.5. The van der Waals surface area contributed by atoms with E-state index in [2.05, 4.69) is 29.3 Å². The Kier molecular flexibility index (Phi) is 4.00. The molecular weight excluding hydrogens is 232 g/mol. The zero-order valence-corrected chi connectivity index (χ0v) is 10.8. The normalized spacial score (nSPS) is 20.6. The number of carbonyl (C=O) groups excluding carboxylic acids is 1. The highest BCUT2D eigenvalue weighted by atomic mass is 16.3. The molecule has 1 aliphatic heterocycles. The van der Waals surface area contributed by atoms with E-state index in [1.165, 1.54) is 6.26 Å². The monoisotopic (exact) mass is 252 g/mol. The van der Waals surface area contributed by atoms with E-state index in [-0.39, 0.29) is 5.91 Å². The van der Waals surface area contributed by atoms with Crippen molar-refractivity contribution in [2.45, 2.75) is 19.0 Å². The van der Waals surface area contributed by atoms with Crippen LogP contribution in [0.15, 0.2) is 16.7 Å². The van der Waals surface area contributed by atoms with Crippen molar-refractivity contribution >= 4 is 5.91 Å². The van der Waals surface area contributed by atoms with Crippen LogP contribution in [0.3, 0.4) is 0 Å². The van der Waals surface area contributed by atoms with Crippen LogP contribution >= 0.6 is 0 Å². The molecule has 1 unspecified atom stereocenters. The summed E-state index contributed by atoms with van der Waals surface area (Å²) in [6.07, 6.45) is 2.67. The standard InChI is InChI=1S/C12H20N4O2/c1-15(2)9-3-5-16(7-9)8-11-10(4-6-18-11)12(17)14-13/h4,6,9H,3,5,7-8,13H2,1-2H3,(H,14,17). The molecule has 0 spiro atoms. The Balaban J connectivity index is 1.99. The first-order valence-electron chi connectivity index (χ1n) is 6.08. The number of carbonyl (C=O) groups is 1. The van der Waals surface area contributed by atoms with Gasteiger partial charge in [0.25, 0.3) is 5.91 Å². The number of hydrogen-bond acceptors (Lipinski definition) is 5. The quantitative estimate of drug-likeness (QED) is 0.449. The molecule has 6 heteroatoms. The van der Waals surface area contributed by atoms with E-state index >= 15 is 0 Å². The largest absolute Gasteiger partial charge is 0.467 e. The van der Waals surface area contributed by atoms with Crippen molar-refractivity contribution in [1.29, 1.82) is 0 Å². The fourth-order valence-corrected chi connectivity index (χ4v) is 2.32. The number of hydrazine groups is 1. The summed E-state index contributed by atoms with van der Waals surface area (Å²) in [4.78, 5) is 16.0. The number of amides is 1. The summed E-state index contributed by atoms with van der Waals surface area (Å²) in [5.74, 6) is 5.52. The SMILES string of the molecule is CN(C)C1CCN(Cc2occc2C(=O)NN)C1. The highest BCUT2D eigenvalue weighted by Crippen LogP contribution is 2.19. The molecule has 2 heterocycles. The lowest BCUT2D eigenvalue weighted by Crippen LogP contribution is -2.32. The lowest BCUT2D eigenvalue weighted by atomic mass is 10.2. The van der Waals surface area contributed by atoms with E-state index in [4.69, 9.17) is 10.3 Å². The Labute approximate surface area is 107 Å². The van der Waals surface area contributed by atoms with Crippen LogP contribution in [-0.4, -0.2) is 48.9 Å². The molecule has 1 aromatic heterocycles. The van der Waals surface area contributed by atoms with Crippen LogP contribution in [0.1, 0.15) is 22.5 Å². The number of nitrogens with one attached hydrogen (secondary N) is 1. The molecule has 1 amide bonds. The van der Waals surface area contributed by atoms with E-state index < -0.39 is 0 Å². The summed E-state index contributed by atoms with van der Waals surface area (Å²) >= 11 is 0. The molecule has 0 radical (unpaired) electrons.